The fraction of sp³-hybridized carbons (Fsp3) is 0.667. The van der Waals surface area contributed by atoms with Crippen molar-refractivity contribution in [2.75, 3.05) is 6.54 Å². The Kier molecular flexibility index (Phi) is 14.9. The molecule has 1 fully saturated rings. The van der Waals surface area contributed by atoms with Gasteiger partial charge in [0.1, 0.15) is 0 Å². The van der Waals surface area contributed by atoms with Crippen LogP contribution in [0.3, 0.4) is 0 Å². The molecule has 5 rings (SSSR count). The average molecular weight is 932 g/mol. The summed E-state index contributed by atoms with van der Waals surface area (Å²) in [5.74, 6) is -6.25. The lowest BCUT2D eigenvalue weighted by molar-refractivity contribution is -0.124. The number of rotatable bonds is 20. The predicted octanol–water partition coefficient (Wildman–Crippen LogP) is 1.74. The van der Waals surface area contributed by atoms with Gasteiger partial charge < -0.3 is 50.1 Å². The first-order chi connectivity index (χ1) is 30.9. The van der Waals surface area contributed by atoms with E-state index in [-0.39, 0.29) is 76.7 Å². The number of aliphatic hydroxyl groups is 1. The van der Waals surface area contributed by atoms with Crippen LogP contribution in [0.25, 0.3) is 0 Å². The number of nitrogens with two attached hydrogens (primary N) is 6. The van der Waals surface area contributed by atoms with Crippen LogP contribution in [0.5, 0.6) is 0 Å². The van der Waals surface area contributed by atoms with Crippen LogP contribution in [0.2, 0.25) is 0 Å². The van der Waals surface area contributed by atoms with Crippen LogP contribution in [-0.2, 0) is 33.6 Å². The second-order valence-corrected chi connectivity index (χ2v) is 21.2. The second-order valence-electron chi connectivity index (χ2n) is 21.2. The molecule has 0 aromatic carbocycles. The predicted molar refractivity (Wildman–Crippen MR) is 254 cm³/mol. The van der Waals surface area contributed by atoms with E-state index >= 15 is 0 Å². The molecular weight excluding hydrogens is 859 g/mol. The zero-order valence-corrected chi connectivity index (χ0v) is 40.6. The summed E-state index contributed by atoms with van der Waals surface area (Å²) >= 11 is 0. The topological polar surface area (TPSA) is 357 Å². The molecule has 1 saturated heterocycles. The van der Waals surface area contributed by atoms with Gasteiger partial charge in [-0.05, 0) is 70.6 Å². The van der Waals surface area contributed by atoms with Gasteiger partial charge in [0.05, 0.1) is 17.7 Å². The largest absolute Gasteiger partial charge is 0.392 e. The first kappa shape index (κ1) is 52.3. The number of aliphatic imine (C=N–C) groups is 3. The average Bonchev–Trinajstić information content (AvgIpc) is 3.80. The van der Waals surface area contributed by atoms with E-state index in [0.29, 0.717) is 51.8 Å². The van der Waals surface area contributed by atoms with Gasteiger partial charge in [-0.1, -0.05) is 34.6 Å². The molecule has 0 aliphatic carbocycles. The number of nitrogens with one attached hydrogen (secondary N) is 2. The van der Waals surface area contributed by atoms with E-state index in [1.165, 1.54) is 0 Å². The second kappa shape index (κ2) is 19.1. The molecule has 7 amide bonds. The van der Waals surface area contributed by atoms with Gasteiger partial charge in [-0.25, -0.2) is 0 Å². The first-order valence-corrected chi connectivity index (χ1v) is 23.3. The Hall–Kier alpha value is -5.72. The third-order valence-corrected chi connectivity index (χ3v) is 16.1. The van der Waals surface area contributed by atoms with Crippen molar-refractivity contribution in [2.24, 2.45) is 94.7 Å². The molecule has 0 saturated carbocycles. The standard InChI is InChI=1S/C48H73N11O8/c1-23(60)22-55-38(67)16-17-45(6)29(18-35(52)64)43-48(9)47(8,21-37(54)66)28(12-15-34(51)63)40(59-48)25(3)42-46(7,20-36(53)65)26(10-13-32(49)61)30(56-42)19-31-44(4,5)27(11-14-33(50)62)39(57-31)24(2)41(45)58-43/h19,23,26-29,43,56,60H,10-18,20-22H2,1-9H3,(H2,49,61)(H2,50,62)(H2,51,63)(H2,52,64)(H2,53,65)(H2,54,66)(H,55,67)/b30-19-,39-24-,42-25-/t23-,26-,27-,28-,29+,43?,45-,46+,47+,48-/m1/s1. The van der Waals surface area contributed by atoms with Gasteiger partial charge in [0, 0.05) is 131 Å². The Labute approximate surface area is 393 Å². The van der Waals surface area contributed by atoms with Crippen LogP contribution in [0, 0.1) is 45.3 Å². The quantitative estimate of drug-likeness (QED) is 0.0857. The van der Waals surface area contributed by atoms with Crippen molar-refractivity contribution in [3.05, 3.63) is 34.3 Å². The van der Waals surface area contributed by atoms with Gasteiger partial charge in [-0.15, -0.1) is 0 Å². The minimum Gasteiger partial charge on any atom is -0.392 e. The monoisotopic (exact) mass is 932 g/mol. The molecule has 0 aromatic heterocycles. The van der Waals surface area contributed by atoms with Gasteiger partial charge in [-0.3, -0.25) is 48.5 Å². The zero-order chi connectivity index (χ0) is 50.4. The van der Waals surface area contributed by atoms with Crippen LogP contribution in [0.15, 0.2) is 49.3 Å². The van der Waals surface area contributed by atoms with Gasteiger partial charge in [0.15, 0.2) is 0 Å². The Bertz CT molecular complexity index is 2310. The molecule has 5 heterocycles. The highest BCUT2D eigenvalue weighted by molar-refractivity contribution is 6.10. The summed E-state index contributed by atoms with van der Waals surface area (Å²) in [4.78, 5) is 108. The molecule has 5 aliphatic rings. The Morgan fingerprint density at radius 1 is 0.731 bits per heavy atom. The molecule has 10 atom stereocenters. The fourth-order valence-corrected chi connectivity index (χ4v) is 12.3. The van der Waals surface area contributed by atoms with E-state index in [2.05, 4.69) is 10.6 Å². The molecule has 8 bridgehead atoms. The van der Waals surface area contributed by atoms with Gasteiger partial charge in [0.25, 0.3) is 0 Å². The van der Waals surface area contributed by atoms with Crippen molar-refractivity contribution in [1.29, 1.82) is 0 Å². The molecule has 0 radical (unpaired) electrons. The van der Waals surface area contributed by atoms with Crippen molar-refractivity contribution in [2.45, 2.75) is 151 Å². The van der Waals surface area contributed by atoms with E-state index in [1.54, 1.807) is 6.92 Å². The lowest BCUT2D eigenvalue weighted by Crippen LogP contribution is -2.56. The number of carbonyl (C=O) groups excluding carboxylic acids is 7. The maximum atomic E-state index is 13.5. The maximum Gasteiger partial charge on any atom is 0.220 e. The summed E-state index contributed by atoms with van der Waals surface area (Å²) in [6.07, 6.45) is 1.23. The smallest absolute Gasteiger partial charge is 0.220 e. The van der Waals surface area contributed by atoms with Crippen LogP contribution in [0.1, 0.15) is 133 Å². The molecule has 1 unspecified atom stereocenters. The van der Waals surface area contributed by atoms with E-state index in [4.69, 9.17) is 49.4 Å². The van der Waals surface area contributed by atoms with Crippen LogP contribution < -0.4 is 45.0 Å². The molecule has 67 heavy (non-hydrogen) atoms. The number of aliphatic hydroxyl groups excluding tert-OH is 1. The summed E-state index contributed by atoms with van der Waals surface area (Å²) in [7, 11) is 0. The number of primary amides is 6. The summed E-state index contributed by atoms with van der Waals surface area (Å²) in [5, 5.41) is 16.4. The number of carbonyl (C=O) groups is 7. The number of fused-ring (bicyclic) bond motifs is 6. The van der Waals surface area contributed by atoms with Crippen LogP contribution >= 0.6 is 0 Å². The van der Waals surface area contributed by atoms with Crippen molar-refractivity contribution in [3.8, 4) is 0 Å². The summed E-state index contributed by atoms with van der Waals surface area (Å²) in [6.45, 7) is 16.9. The van der Waals surface area contributed by atoms with Gasteiger partial charge >= 0.3 is 0 Å². The Morgan fingerprint density at radius 3 is 1.81 bits per heavy atom. The molecule has 19 nitrogen and oxygen atoms in total. The van der Waals surface area contributed by atoms with E-state index < -0.39 is 98.5 Å². The van der Waals surface area contributed by atoms with Gasteiger partial charge in [-0.2, -0.15) is 0 Å². The minimum absolute atomic E-state index is 0.0237. The summed E-state index contributed by atoms with van der Waals surface area (Å²) < 4.78 is 0. The summed E-state index contributed by atoms with van der Waals surface area (Å²) in [5.41, 5.74) is 34.9. The number of allylic oxidation sites excluding steroid dienone is 6. The number of nitrogens with zero attached hydrogens (tertiary/aromatic N) is 3. The first-order valence-electron chi connectivity index (χ1n) is 23.3. The lowest BCUT2D eigenvalue weighted by atomic mass is 9.55. The van der Waals surface area contributed by atoms with Crippen molar-refractivity contribution in [3.63, 3.8) is 0 Å². The van der Waals surface area contributed by atoms with Crippen LogP contribution in [0.4, 0.5) is 0 Å². The molecule has 19 heteroatoms. The molecule has 5 aliphatic heterocycles. The number of amides is 7. The third kappa shape index (κ3) is 9.84. The minimum atomic E-state index is -1.39. The molecular formula is C48H73N11O8. The van der Waals surface area contributed by atoms with E-state index in [9.17, 15) is 38.7 Å². The SMILES string of the molecule is C/C1=C2N=C(/C=C3\N/C(=C(/C)C4=N[C@](C)(C5N=C1[C@](C)(CCC(=O)NC[C@@H](C)O)[C@H]5CC(N)=O)[C@@](C)(CC(N)=O)[C@@H]4CCC(N)=O)[C@@](C)(CC(N)=O)[C@@H]3CCC(N)=O)C(C)(C)[C@@H]/2CCC(N)=O. The lowest BCUT2D eigenvalue weighted by Gasteiger charge is -2.48. The molecule has 368 valence electrons. The fourth-order valence-electron chi connectivity index (χ4n) is 12.3. The van der Waals surface area contributed by atoms with E-state index in [1.807, 2.05) is 61.5 Å². The van der Waals surface area contributed by atoms with Crippen molar-refractivity contribution < 1.29 is 38.7 Å². The third-order valence-electron chi connectivity index (χ3n) is 16.1. The van der Waals surface area contributed by atoms with Crippen LogP contribution in [-0.4, -0.2) is 87.8 Å². The number of hydrogen-bond acceptors (Lipinski definition) is 12. The molecule has 15 N–H and O–H groups in total. The van der Waals surface area contributed by atoms with Crippen molar-refractivity contribution >= 4 is 58.5 Å². The number of hydrogen-bond donors (Lipinski definition) is 9. The van der Waals surface area contributed by atoms with Crippen molar-refractivity contribution in [1.82, 2.24) is 10.6 Å². The zero-order valence-electron chi connectivity index (χ0n) is 40.6. The Balaban J connectivity index is 2.00. The highest BCUT2D eigenvalue weighted by Gasteiger charge is 2.66. The normalized spacial score (nSPS) is 35.2. The molecule has 0 aromatic rings. The maximum absolute atomic E-state index is 13.5. The highest BCUT2D eigenvalue weighted by atomic mass is 16.3. The highest BCUT2D eigenvalue weighted by Crippen LogP contribution is 2.62. The summed E-state index contributed by atoms with van der Waals surface area (Å²) in [6, 6.07) is -0.913. The molecule has 0 spiro atoms. The Morgan fingerprint density at radius 2 is 1.28 bits per heavy atom. The van der Waals surface area contributed by atoms with E-state index in [0.717, 1.165) is 0 Å². The van der Waals surface area contributed by atoms with Gasteiger partial charge in [0.2, 0.25) is 41.4 Å².